The van der Waals surface area contributed by atoms with E-state index in [9.17, 15) is 4.79 Å². The summed E-state index contributed by atoms with van der Waals surface area (Å²) in [5.74, 6) is 0.728. The Bertz CT molecular complexity index is 253. The predicted molar refractivity (Wildman–Crippen MR) is 46.2 cm³/mol. The van der Waals surface area contributed by atoms with Gasteiger partial charge in [-0.25, -0.2) is 4.79 Å². The molecule has 0 atom stereocenters. The van der Waals surface area contributed by atoms with E-state index < -0.39 is 0 Å². The number of amides is 2. The molecule has 1 aliphatic carbocycles. The first-order chi connectivity index (χ1) is 5.75. The zero-order chi connectivity index (χ0) is 8.55. The Balaban J connectivity index is 1.99. The van der Waals surface area contributed by atoms with Crippen molar-refractivity contribution in [2.75, 3.05) is 6.54 Å². The van der Waals surface area contributed by atoms with Gasteiger partial charge in [-0.2, -0.15) is 0 Å². The van der Waals surface area contributed by atoms with E-state index in [1.54, 1.807) is 11.1 Å². The highest BCUT2D eigenvalue weighted by atomic mass is 16.2. The van der Waals surface area contributed by atoms with Gasteiger partial charge in [0, 0.05) is 18.4 Å². The van der Waals surface area contributed by atoms with Crippen molar-refractivity contribution in [3.63, 3.8) is 0 Å². The lowest BCUT2D eigenvalue weighted by molar-refractivity contribution is 0.215. The first kappa shape index (κ1) is 7.40. The first-order valence-electron chi connectivity index (χ1n) is 4.20. The number of carbonyl (C=O) groups is 1. The summed E-state index contributed by atoms with van der Waals surface area (Å²) in [7, 11) is 0. The number of nitrogens with one attached hydrogen (secondary N) is 1. The number of rotatable bonds is 2. The lowest BCUT2D eigenvalue weighted by Crippen LogP contribution is -2.39. The molecule has 0 aromatic carbocycles. The molecule has 12 heavy (non-hydrogen) atoms. The van der Waals surface area contributed by atoms with Crippen molar-refractivity contribution in [1.29, 1.82) is 0 Å². The van der Waals surface area contributed by atoms with E-state index in [2.05, 4.69) is 11.9 Å². The minimum Gasteiger partial charge on any atom is -0.308 e. The Morgan fingerprint density at radius 3 is 3.00 bits per heavy atom. The summed E-state index contributed by atoms with van der Waals surface area (Å²) in [6.45, 7) is 4.51. The van der Waals surface area contributed by atoms with E-state index >= 15 is 0 Å². The van der Waals surface area contributed by atoms with Crippen LogP contribution in [0.2, 0.25) is 0 Å². The Hall–Kier alpha value is -1.25. The monoisotopic (exact) mass is 164 g/mol. The van der Waals surface area contributed by atoms with Crippen molar-refractivity contribution in [2.45, 2.75) is 12.8 Å². The molecule has 0 radical (unpaired) electrons. The van der Waals surface area contributed by atoms with E-state index in [1.807, 2.05) is 6.08 Å². The standard InChI is InChI=1S/C9H12N2O/c1-7-4-5-11(9(12)10-7)6-8-2-3-8/h4-5,8H,1-3,6H2,(H,10,12). The summed E-state index contributed by atoms with van der Waals surface area (Å²) in [4.78, 5) is 13.0. The van der Waals surface area contributed by atoms with Gasteiger partial charge < -0.3 is 10.2 Å². The van der Waals surface area contributed by atoms with Gasteiger partial charge in [0.05, 0.1) is 0 Å². The Morgan fingerprint density at radius 1 is 1.67 bits per heavy atom. The summed E-state index contributed by atoms with van der Waals surface area (Å²) in [5, 5.41) is 2.67. The van der Waals surface area contributed by atoms with Gasteiger partial charge >= 0.3 is 6.03 Å². The zero-order valence-corrected chi connectivity index (χ0v) is 6.92. The summed E-state index contributed by atoms with van der Waals surface area (Å²) in [5.41, 5.74) is 0.673. The normalized spacial score (nSPS) is 22.8. The van der Waals surface area contributed by atoms with Crippen molar-refractivity contribution in [3.05, 3.63) is 24.6 Å². The van der Waals surface area contributed by atoms with Crippen LogP contribution in [0.3, 0.4) is 0 Å². The van der Waals surface area contributed by atoms with Gasteiger partial charge in [-0.05, 0) is 24.8 Å². The van der Waals surface area contributed by atoms with E-state index in [4.69, 9.17) is 0 Å². The molecule has 2 rings (SSSR count). The number of allylic oxidation sites excluding steroid dienone is 1. The average molecular weight is 164 g/mol. The summed E-state index contributed by atoms with van der Waals surface area (Å²) < 4.78 is 0. The van der Waals surface area contributed by atoms with Crippen LogP contribution < -0.4 is 5.32 Å². The Morgan fingerprint density at radius 2 is 2.42 bits per heavy atom. The molecule has 64 valence electrons. The number of hydrogen-bond acceptors (Lipinski definition) is 1. The lowest BCUT2D eigenvalue weighted by atomic mass is 10.3. The predicted octanol–water partition coefficient (Wildman–Crippen LogP) is 1.45. The number of carbonyl (C=O) groups excluding carboxylic acids is 1. The largest absolute Gasteiger partial charge is 0.325 e. The van der Waals surface area contributed by atoms with Crippen LogP contribution in [0.15, 0.2) is 24.6 Å². The molecule has 0 spiro atoms. The van der Waals surface area contributed by atoms with Gasteiger partial charge in [0.25, 0.3) is 0 Å². The summed E-state index contributed by atoms with van der Waals surface area (Å²) in [6, 6.07) is -0.0469. The van der Waals surface area contributed by atoms with Crippen LogP contribution in [-0.4, -0.2) is 17.5 Å². The van der Waals surface area contributed by atoms with Gasteiger partial charge in [-0.3, -0.25) is 0 Å². The number of urea groups is 1. The lowest BCUT2D eigenvalue weighted by Gasteiger charge is -2.22. The van der Waals surface area contributed by atoms with Crippen LogP contribution in [0, 0.1) is 5.92 Å². The highest BCUT2D eigenvalue weighted by Gasteiger charge is 2.26. The zero-order valence-electron chi connectivity index (χ0n) is 6.92. The molecule has 1 aliphatic heterocycles. The number of nitrogens with zero attached hydrogens (tertiary/aromatic N) is 1. The fraction of sp³-hybridized carbons (Fsp3) is 0.444. The number of hydrogen-bond donors (Lipinski definition) is 1. The smallest absolute Gasteiger partial charge is 0.308 e. The van der Waals surface area contributed by atoms with Crippen LogP contribution >= 0.6 is 0 Å². The van der Waals surface area contributed by atoms with E-state index in [0.29, 0.717) is 5.70 Å². The van der Waals surface area contributed by atoms with E-state index in [1.165, 1.54) is 12.8 Å². The minimum absolute atomic E-state index is 0.0469. The SMILES string of the molecule is C=C1C=CN(CC2CC2)C(=O)N1. The third-order valence-corrected chi connectivity index (χ3v) is 2.14. The molecular weight excluding hydrogens is 152 g/mol. The molecule has 0 unspecified atom stereocenters. The fourth-order valence-electron chi connectivity index (χ4n) is 1.22. The second-order valence-corrected chi connectivity index (χ2v) is 3.37. The maximum absolute atomic E-state index is 11.3. The van der Waals surface area contributed by atoms with Gasteiger partial charge in [0.15, 0.2) is 0 Å². The van der Waals surface area contributed by atoms with Crippen molar-refractivity contribution in [3.8, 4) is 0 Å². The average Bonchev–Trinajstić information content (AvgIpc) is 2.79. The van der Waals surface area contributed by atoms with Crippen molar-refractivity contribution in [2.24, 2.45) is 5.92 Å². The third-order valence-electron chi connectivity index (χ3n) is 2.14. The third kappa shape index (κ3) is 1.49. The molecule has 1 fully saturated rings. The van der Waals surface area contributed by atoms with Crippen molar-refractivity contribution < 1.29 is 4.79 Å². The van der Waals surface area contributed by atoms with Gasteiger partial charge in [-0.15, -0.1) is 0 Å². The molecule has 0 saturated heterocycles. The molecular formula is C9H12N2O. The molecule has 3 heteroatoms. The second kappa shape index (κ2) is 2.66. The second-order valence-electron chi connectivity index (χ2n) is 3.37. The van der Waals surface area contributed by atoms with Crippen LogP contribution in [0.1, 0.15) is 12.8 Å². The highest BCUT2D eigenvalue weighted by Crippen LogP contribution is 2.30. The topological polar surface area (TPSA) is 32.3 Å². The van der Waals surface area contributed by atoms with Crippen molar-refractivity contribution >= 4 is 6.03 Å². The van der Waals surface area contributed by atoms with Crippen LogP contribution in [-0.2, 0) is 0 Å². The van der Waals surface area contributed by atoms with Gasteiger partial charge in [-0.1, -0.05) is 6.58 Å². The maximum Gasteiger partial charge on any atom is 0.325 e. The first-order valence-corrected chi connectivity index (χ1v) is 4.20. The Labute approximate surface area is 71.7 Å². The molecule has 0 aromatic heterocycles. The molecule has 0 aromatic rings. The molecule has 2 aliphatic rings. The molecule has 1 saturated carbocycles. The van der Waals surface area contributed by atoms with Crippen molar-refractivity contribution in [1.82, 2.24) is 10.2 Å². The quantitative estimate of drug-likeness (QED) is 0.658. The van der Waals surface area contributed by atoms with E-state index in [-0.39, 0.29) is 6.03 Å². The molecule has 1 N–H and O–H groups in total. The molecule has 0 bridgehead atoms. The molecule has 3 nitrogen and oxygen atoms in total. The fourth-order valence-corrected chi connectivity index (χ4v) is 1.22. The van der Waals surface area contributed by atoms with Gasteiger partial charge in [0.2, 0.25) is 0 Å². The van der Waals surface area contributed by atoms with E-state index in [0.717, 1.165) is 12.5 Å². The van der Waals surface area contributed by atoms with Crippen LogP contribution in [0.25, 0.3) is 0 Å². The van der Waals surface area contributed by atoms with Gasteiger partial charge in [0.1, 0.15) is 0 Å². The van der Waals surface area contributed by atoms with Crippen LogP contribution in [0.5, 0.6) is 0 Å². The van der Waals surface area contributed by atoms with Crippen LogP contribution in [0.4, 0.5) is 4.79 Å². The highest BCUT2D eigenvalue weighted by molar-refractivity contribution is 5.79. The molecule has 1 heterocycles. The molecule has 2 amide bonds. The maximum atomic E-state index is 11.3. The summed E-state index contributed by atoms with van der Waals surface area (Å²) >= 11 is 0. The Kier molecular flexibility index (Phi) is 1.64. The summed E-state index contributed by atoms with van der Waals surface area (Å²) in [6.07, 6.45) is 6.15. The minimum atomic E-state index is -0.0469.